The molecule has 296 valence electrons. The summed E-state index contributed by atoms with van der Waals surface area (Å²) >= 11 is 1.50. The van der Waals surface area contributed by atoms with Gasteiger partial charge in [-0.3, -0.25) is 19.2 Å². The number of benzene rings is 1. The van der Waals surface area contributed by atoms with Gasteiger partial charge < -0.3 is 35.6 Å². The number of nitrogens with zero attached hydrogens (tertiary/aromatic N) is 2. The van der Waals surface area contributed by atoms with Crippen molar-refractivity contribution < 1.29 is 28.7 Å². The highest BCUT2D eigenvalue weighted by Gasteiger charge is 2.42. The molecule has 0 spiro atoms. The standard InChI is InChI=1S/C40H64N6O6S/c1-11-26(6)35(45-39(50)34(25(4)5)44-38(49)33(41-8)24(2)3)31(51-9)23-32(47)46-20-15-18-30(46)36(52-10)27(7)37(48)43-29(40-42-19-21-53-40)22-28-16-13-12-14-17-28/h12-14,16-17,19,21,24-27,29-31,33-36,41H,11,15,18,20,22-23H2,1-10H3,(H,43,48)(H,44,49)(H,45,50)/t26?,27-,29+,30+,31-,33+,34+,35+,36-/m1/s1. The van der Waals surface area contributed by atoms with Gasteiger partial charge in [0, 0.05) is 32.3 Å². The highest BCUT2D eigenvalue weighted by molar-refractivity contribution is 7.09. The molecule has 1 aromatic heterocycles. The van der Waals surface area contributed by atoms with Crippen LogP contribution in [0.3, 0.4) is 0 Å². The van der Waals surface area contributed by atoms with Crippen molar-refractivity contribution in [1.29, 1.82) is 0 Å². The molecule has 1 fully saturated rings. The number of carbonyl (C=O) groups is 4. The first-order chi connectivity index (χ1) is 25.3. The Morgan fingerprint density at radius 3 is 2.11 bits per heavy atom. The zero-order valence-electron chi connectivity index (χ0n) is 33.4. The van der Waals surface area contributed by atoms with Crippen molar-refractivity contribution in [3.8, 4) is 0 Å². The number of likely N-dealkylation sites (tertiary alicyclic amines) is 1. The van der Waals surface area contributed by atoms with E-state index in [2.05, 4.69) is 26.3 Å². The van der Waals surface area contributed by atoms with Crippen molar-refractivity contribution in [2.24, 2.45) is 23.7 Å². The molecule has 2 aromatic rings. The number of amides is 4. The lowest BCUT2D eigenvalue weighted by atomic mass is 9.90. The van der Waals surface area contributed by atoms with Crippen LogP contribution in [0.4, 0.5) is 0 Å². The molecule has 1 aromatic carbocycles. The Labute approximate surface area is 320 Å². The molecule has 4 N–H and O–H groups in total. The fourth-order valence-electron chi connectivity index (χ4n) is 7.35. The van der Waals surface area contributed by atoms with Gasteiger partial charge in [-0.1, -0.05) is 85.2 Å². The number of ether oxygens (including phenoxy) is 2. The average molecular weight is 757 g/mol. The van der Waals surface area contributed by atoms with Crippen LogP contribution in [0.25, 0.3) is 0 Å². The fraction of sp³-hybridized carbons (Fsp3) is 0.675. The maximum Gasteiger partial charge on any atom is 0.243 e. The van der Waals surface area contributed by atoms with Crippen molar-refractivity contribution in [3.63, 3.8) is 0 Å². The third-order valence-corrected chi connectivity index (χ3v) is 11.6. The molecule has 13 heteroatoms. The molecule has 9 atom stereocenters. The lowest BCUT2D eigenvalue weighted by molar-refractivity contribution is -0.143. The van der Waals surface area contributed by atoms with Gasteiger partial charge in [0.25, 0.3) is 0 Å². The van der Waals surface area contributed by atoms with Crippen LogP contribution in [-0.4, -0.2) is 97.7 Å². The number of likely N-dealkylation sites (N-methyl/N-ethyl adjacent to an activating group) is 1. The van der Waals surface area contributed by atoms with Gasteiger partial charge in [0.1, 0.15) is 11.0 Å². The molecular formula is C40H64N6O6S. The zero-order chi connectivity index (χ0) is 39.2. The maximum atomic E-state index is 14.1. The molecule has 0 saturated carbocycles. The predicted molar refractivity (Wildman–Crippen MR) is 209 cm³/mol. The molecule has 4 amide bonds. The Bertz CT molecular complexity index is 1430. The average Bonchev–Trinajstić information content (AvgIpc) is 3.85. The van der Waals surface area contributed by atoms with E-state index in [0.29, 0.717) is 19.4 Å². The molecule has 1 saturated heterocycles. The minimum atomic E-state index is -0.766. The summed E-state index contributed by atoms with van der Waals surface area (Å²) in [5.74, 6) is -1.54. The Balaban J connectivity index is 1.75. The molecule has 3 rings (SSSR count). The molecule has 1 aliphatic rings. The van der Waals surface area contributed by atoms with Crippen LogP contribution in [-0.2, 0) is 35.1 Å². The summed E-state index contributed by atoms with van der Waals surface area (Å²) in [5.41, 5.74) is 1.09. The Hall–Kier alpha value is -3.39. The summed E-state index contributed by atoms with van der Waals surface area (Å²) in [6.45, 7) is 14.1. The van der Waals surface area contributed by atoms with E-state index in [0.717, 1.165) is 23.4 Å². The normalized spacial score (nSPS) is 19.2. The summed E-state index contributed by atoms with van der Waals surface area (Å²) in [7, 11) is 4.88. The van der Waals surface area contributed by atoms with Crippen molar-refractivity contribution in [1.82, 2.24) is 31.2 Å². The van der Waals surface area contributed by atoms with Crippen LogP contribution in [0.2, 0.25) is 0 Å². The second-order valence-corrected chi connectivity index (χ2v) is 16.0. The van der Waals surface area contributed by atoms with Gasteiger partial charge in [-0.15, -0.1) is 11.3 Å². The van der Waals surface area contributed by atoms with Crippen LogP contribution in [0.15, 0.2) is 41.9 Å². The van der Waals surface area contributed by atoms with Crippen LogP contribution in [0, 0.1) is 23.7 Å². The molecule has 0 bridgehead atoms. The van der Waals surface area contributed by atoms with E-state index in [1.807, 2.05) is 89.1 Å². The molecule has 0 aliphatic carbocycles. The van der Waals surface area contributed by atoms with Gasteiger partial charge >= 0.3 is 0 Å². The first kappa shape index (κ1) is 44.0. The first-order valence-electron chi connectivity index (χ1n) is 19.1. The number of thiazole rings is 1. The highest BCUT2D eigenvalue weighted by atomic mass is 32.1. The summed E-state index contributed by atoms with van der Waals surface area (Å²) in [6.07, 6.45) is 3.44. The fourth-order valence-corrected chi connectivity index (χ4v) is 8.04. The summed E-state index contributed by atoms with van der Waals surface area (Å²) in [6, 6.07) is 7.70. The van der Waals surface area contributed by atoms with Gasteiger partial charge in [-0.25, -0.2) is 4.98 Å². The zero-order valence-corrected chi connectivity index (χ0v) is 34.2. The van der Waals surface area contributed by atoms with Gasteiger partial charge in [0.05, 0.1) is 48.7 Å². The number of hydrogen-bond acceptors (Lipinski definition) is 9. The Kier molecular flexibility index (Phi) is 17.8. The largest absolute Gasteiger partial charge is 0.379 e. The van der Waals surface area contributed by atoms with E-state index in [1.165, 1.54) is 11.3 Å². The van der Waals surface area contributed by atoms with Gasteiger partial charge in [-0.05, 0) is 49.6 Å². The summed E-state index contributed by atoms with van der Waals surface area (Å²) in [4.78, 5) is 61.2. The van der Waals surface area contributed by atoms with Crippen LogP contribution < -0.4 is 21.3 Å². The van der Waals surface area contributed by atoms with E-state index < -0.39 is 36.3 Å². The van der Waals surface area contributed by atoms with Gasteiger partial charge in [0.2, 0.25) is 23.6 Å². The smallest absolute Gasteiger partial charge is 0.243 e. The molecule has 12 nitrogen and oxygen atoms in total. The Morgan fingerprint density at radius 1 is 0.906 bits per heavy atom. The number of hydrogen-bond donors (Lipinski definition) is 4. The quantitative estimate of drug-likeness (QED) is 0.145. The van der Waals surface area contributed by atoms with Crippen molar-refractivity contribution in [2.45, 2.75) is 123 Å². The second kappa shape index (κ2) is 21.5. The highest BCUT2D eigenvalue weighted by Crippen LogP contribution is 2.29. The first-order valence-corrected chi connectivity index (χ1v) is 20.0. The topological polar surface area (TPSA) is 151 Å². The van der Waals surface area contributed by atoms with E-state index in [9.17, 15) is 19.2 Å². The van der Waals surface area contributed by atoms with Crippen LogP contribution in [0.1, 0.15) is 90.8 Å². The van der Waals surface area contributed by atoms with E-state index in [-0.39, 0.29) is 59.9 Å². The number of nitrogens with one attached hydrogen (secondary N) is 4. The van der Waals surface area contributed by atoms with Crippen LogP contribution >= 0.6 is 11.3 Å². The van der Waals surface area contributed by atoms with Gasteiger partial charge in [-0.2, -0.15) is 0 Å². The van der Waals surface area contributed by atoms with E-state index in [1.54, 1.807) is 27.5 Å². The lowest BCUT2D eigenvalue weighted by Crippen LogP contribution is -2.59. The lowest BCUT2D eigenvalue weighted by Gasteiger charge is -2.37. The van der Waals surface area contributed by atoms with Crippen LogP contribution in [0.5, 0.6) is 0 Å². The van der Waals surface area contributed by atoms with Crippen molar-refractivity contribution in [2.75, 3.05) is 27.8 Å². The molecule has 53 heavy (non-hydrogen) atoms. The van der Waals surface area contributed by atoms with E-state index in [4.69, 9.17) is 9.47 Å². The number of rotatable bonds is 21. The number of carbonyl (C=O) groups excluding carboxylic acids is 4. The molecule has 1 unspecified atom stereocenters. The van der Waals surface area contributed by atoms with Crippen molar-refractivity contribution >= 4 is 35.0 Å². The molecular weight excluding hydrogens is 693 g/mol. The molecule has 0 radical (unpaired) electrons. The SMILES string of the molecule is CCC(C)[C@H](NC(=O)[C@@H](NC(=O)[C@@H](NC)C(C)C)C(C)C)[C@@H](CC(=O)N1CCC[C@H]1[C@H](OC)[C@@H](C)C(=O)N[C@@H](Cc1ccccc1)c1nccs1)OC. The van der Waals surface area contributed by atoms with Gasteiger partial charge in [0.15, 0.2) is 0 Å². The minimum Gasteiger partial charge on any atom is -0.379 e. The summed E-state index contributed by atoms with van der Waals surface area (Å²) < 4.78 is 12.0. The monoisotopic (exact) mass is 756 g/mol. The second-order valence-electron chi connectivity index (χ2n) is 15.0. The predicted octanol–water partition coefficient (Wildman–Crippen LogP) is 4.51. The minimum absolute atomic E-state index is 0.0209. The number of aromatic nitrogens is 1. The Morgan fingerprint density at radius 2 is 1.57 bits per heavy atom. The van der Waals surface area contributed by atoms with E-state index >= 15 is 0 Å². The molecule has 2 heterocycles. The molecule has 1 aliphatic heterocycles. The third-order valence-electron chi connectivity index (χ3n) is 10.7. The third kappa shape index (κ3) is 12.1. The maximum absolute atomic E-state index is 14.1. The summed E-state index contributed by atoms with van der Waals surface area (Å²) in [5, 5.41) is 15.1. The van der Waals surface area contributed by atoms with Crippen molar-refractivity contribution in [3.05, 3.63) is 52.5 Å². The number of methoxy groups -OCH3 is 2.